The van der Waals surface area contributed by atoms with E-state index < -0.39 is 10.0 Å². The Labute approximate surface area is 151 Å². The molecule has 0 radical (unpaired) electrons. The van der Waals surface area contributed by atoms with Crippen LogP contribution in [0.2, 0.25) is 0 Å². The summed E-state index contributed by atoms with van der Waals surface area (Å²) in [5.74, 6) is -0.0906. The summed E-state index contributed by atoms with van der Waals surface area (Å²) in [5.41, 5.74) is 0.439. The summed E-state index contributed by atoms with van der Waals surface area (Å²) < 4.78 is 26.8. The van der Waals surface area contributed by atoms with Crippen LogP contribution in [0.4, 0.5) is 0 Å². The number of carbonyl (C=O) groups excluding carboxylic acids is 1. The SMILES string of the molecule is CCCN(C(=O)c1cccc(S(=O)(=O)N(CC)CC)c1)C1CCNC1. The minimum atomic E-state index is -3.56. The first-order chi connectivity index (χ1) is 12.0. The van der Waals surface area contributed by atoms with Gasteiger partial charge in [-0.05, 0) is 37.6 Å². The van der Waals surface area contributed by atoms with Crippen molar-refractivity contribution >= 4 is 15.9 Å². The molecule has 1 aliphatic rings. The molecule has 1 aliphatic heterocycles. The molecule has 6 nitrogen and oxygen atoms in total. The van der Waals surface area contributed by atoms with E-state index in [1.165, 1.54) is 10.4 Å². The summed E-state index contributed by atoms with van der Waals surface area (Å²) in [4.78, 5) is 15.1. The number of hydrogen-bond donors (Lipinski definition) is 1. The molecule has 1 amide bonds. The lowest BCUT2D eigenvalue weighted by Crippen LogP contribution is -2.42. The molecule has 1 aromatic rings. The van der Waals surface area contributed by atoms with Gasteiger partial charge in [-0.25, -0.2) is 8.42 Å². The Morgan fingerprint density at radius 1 is 1.24 bits per heavy atom. The van der Waals surface area contributed by atoms with Crippen molar-refractivity contribution in [2.75, 3.05) is 32.7 Å². The summed E-state index contributed by atoms with van der Waals surface area (Å²) in [6.07, 6.45) is 1.81. The molecule has 1 aromatic carbocycles. The second kappa shape index (κ2) is 8.78. The van der Waals surface area contributed by atoms with Crippen LogP contribution in [-0.4, -0.2) is 62.3 Å². The van der Waals surface area contributed by atoms with Gasteiger partial charge in [0.25, 0.3) is 5.91 Å². The molecular formula is C18H29N3O3S. The molecule has 2 rings (SSSR count). The fraction of sp³-hybridized carbons (Fsp3) is 0.611. The molecule has 25 heavy (non-hydrogen) atoms. The Balaban J connectivity index is 2.31. The van der Waals surface area contributed by atoms with E-state index in [0.29, 0.717) is 25.2 Å². The van der Waals surface area contributed by atoms with Crippen LogP contribution in [0, 0.1) is 0 Å². The first-order valence-corrected chi connectivity index (χ1v) is 10.5. The third-order valence-electron chi connectivity index (χ3n) is 4.62. The Hall–Kier alpha value is -1.44. The van der Waals surface area contributed by atoms with Gasteiger partial charge in [0.2, 0.25) is 10.0 Å². The van der Waals surface area contributed by atoms with Crippen molar-refractivity contribution < 1.29 is 13.2 Å². The smallest absolute Gasteiger partial charge is 0.254 e. The van der Waals surface area contributed by atoms with E-state index in [0.717, 1.165) is 25.9 Å². The molecular weight excluding hydrogens is 338 g/mol. The highest BCUT2D eigenvalue weighted by atomic mass is 32.2. The van der Waals surface area contributed by atoms with E-state index in [1.54, 1.807) is 18.2 Å². The average Bonchev–Trinajstić information content (AvgIpc) is 3.14. The van der Waals surface area contributed by atoms with Crippen molar-refractivity contribution in [1.82, 2.24) is 14.5 Å². The molecule has 0 aliphatic carbocycles. The van der Waals surface area contributed by atoms with E-state index >= 15 is 0 Å². The number of sulfonamides is 1. The van der Waals surface area contributed by atoms with E-state index in [2.05, 4.69) is 5.32 Å². The summed E-state index contributed by atoms with van der Waals surface area (Å²) in [7, 11) is -3.56. The Bertz CT molecular complexity index is 681. The zero-order chi connectivity index (χ0) is 18.4. The maximum atomic E-state index is 13.0. The maximum absolute atomic E-state index is 13.0. The minimum Gasteiger partial charge on any atom is -0.334 e. The van der Waals surface area contributed by atoms with Gasteiger partial charge in [0.05, 0.1) is 4.90 Å². The number of carbonyl (C=O) groups is 1. The van der Waals surface area contributed by atoms with E-state index in [1.807, 2.05) is 25.7 Å². The van der Waals surface area contributed by atoms with Crippen molar-refractivity contribution in [3.05, 3.63) is 29.8 Å². The first-order valence-electron chi connectivity index (χ1n) is 9.07. The van der Waals surface area contributed by atoms with Crippen molar-refractivity contribution in [1.29, 1.82) is 0 Å². The topological polar surface area (TPSA) is 69.7 Å². The molecule has 1 saturated heterocycles. The minimum absolute atomic E-state index is 0.0906. The van der Waals surface area contributed by atoms with E-state index in [-0.39, 0.29) is 16.8 Å². The van der Waals surface area contributed by atoms with Gasteiger partial charge >= 0.3 is 0 Å². The number of nitrogens with zero attached hydrogens (tertiary/aromatic N) is 2. The lowest BCUT2D eigenvalue weighted by Gasteiger charge is -2.28. The van der Waals surface area contributed by atoms with Gasteiger partial charge in [0.15, 0.2) is 0 Å². The maximum Gasteiger partial charge on any atom is 0.254 e. The number of amides is 1. The number of nitrogens with one attached hydrogen (secondary N) is 1. The predicted molar refractivity (Wildman–Crippen MR) is 99.2 cm³/mol. The van der Waals surface area contributed by atoms with Gasteiger partial charge in [0, 0.05) is 37.8 Å². The van der Waals surface area contributed by atoms with Crippen LogP contribution in [0.3, 0.4) is 0 Å². The van der Waals surface area contributed by atoms with Gasteiger partial charge in [-0.2, -0.15) is 4.31 Å². The molecule has 0 saturated carbocycles. The Morgan fingerprint density at radius 2 is 1.96 bits per heavy atom. The molecule has 1 unspecified atom stereocenters. The number of rotatable bonds is 8. The number of benzene rings is 1. The molecule has 0 spiro atoms. The molecule has 1 fully saturated rings. The summed E-state index contributed by atoms with van der Waals surface area (Å²) in [6, 6.07) is 6.61. The number of hydrogen-bond acceptors (Lipinski definition) is 4. The van der Waals surface area contributed by atoms with E-state index in [4.69, 9.17) is 0 Å². The van der Waals surface area contributed by atoms with Crippen LogP contribution in [0.5, 0.6) is 0 Å². The fourth-order valence-corrected chi connectivity index (χ4v) is 4.77. The van der Waals surface area contributed by atoms with Crippen molar-refractivity contribution in [2.24, 2.45) is 0 Å². The molecule has 1 atom stereocenters. The van der Waals surface area contributed by atoms with Crippen LogP contribution in [0.25, 0.3) is 0 Å². The largest absolute Gasteiger partial charge is 0.334 e. The normalized spacial score (nSPS) is 17.8. The fourth-order valence-electron chi connectivity index (χ4n) is 3.26. The Morgan fingerprint density at radius 3 is 2.52 bits per heavy atom. The second-order valence-electron chi connectivity index (χ2n) is 6.26. The van der Waals surface area contributed by atoms with Crippen molar-refractivity contribution in [3.63, 3.8) is 0 Å². The molecule has 0 aromatic heterocycles. The molecule has 140 valence electrons. The zero-order valence-corrected chi connectivity index (χ0v) is 16.2. The lowest BCUT2D eigenvalue weighted by molar-refractivity contribution is 0.0692. The van der Waals surface area contributed by atoms with Crippen LogP contribution < -0.4 is 5.32 Å². The van der Waals surface area contributed by atoms with Crippen LogP contribution in [0.1, 0.15) is 44.0 Å². The highest BCUT2D eigenvalue weighted by molar-refractivity contribution is 7.89. The van der Waals surface area contributed by atoms with Gasteiger partial charge in [-0.3, -0.25) is 4.79 Å². The second-order valence-corrected chi connectivity index (χ2v) is 8.20. The third kappa shape index (κ3) is 4.40. The molecule has 0 bridgehead atoms. The van der Waals surface area contributed by atoms with E-state index in [9.17, 15) is 13.2 Å². The van der Waals surface area contributed by atoms with Crippen LogP contribution >= 0.6 is 0 Å². The predicted octanol–water partition coefficient (Wildman–Crippen LogP) is 1.93. The van der Waals surface area contributed by atoms with Gasteiger partial charge < -0.3 is 10.2 Å². The van der Waals surface area contributed by atoms with Gasteiger partial charge in [0.1, 0.15) is 0 Å². The summed E-state index contributed by atoms with van der Waals surface area (Å²) >= 11 is 0. The van der Waals surface area contributed by atoms with Gasteiger partial charge in [-0.1, -0.05) is 26.8 Å². The van der Waals surface area contributed by atoms with Crippen molar-refractivity contribution in [2.45, 2.75) is 44.6 Å². The standard InChI is InChI=1S/C18H29N3O3S/c1-4-12-21(16-10-11-19-14-16)18(22)15-8-7-9-17(13-15)25(23,24)20(5-2)6-3/h7-9,13,16,19H,4-6,10-12,14H2,1-3H3. The summed E-state index contributed by atoms with van der Waals surface area (Å²) in [5, 5.41) is 3.29. The Kier molecular flexibility index (Phi) is 6.98. The first kappa shape index (κ1) is 19.9. The van der Waals surface area contributed by atoms with Gasteiger partial charge in [-0.15, -0.1) is 0 Å². The highest BCUT2D eigenvalue weighted by Gasteiger charge is 2.28. The van der Waals surface area contributed by atoms with Crippen LogP contribution in [0.15, 0.2) is 29.2 Å². The quantitative estimate of drug-likeness (QED) is 0.762. The molecule has 1 N–H and O–H groups in total. The average molecular weight is 368 g/mol. The highest BCUT2D eigenvalue weighted by Crippen LogP contribution is 2.20. The lowest BCUT2D eigenvalue weighted by atomic mass is 10.1. The summed E-state index contributed by atoms with van der Waals surface area (Å²) in [6.45, 7) is 8.87. The molecule has 7 heteroatoms. The van der Waals surface area contributed by atoms with Crippen molar-refractivity contribution in [3.8, 4) is 0 Å². The third-order valence-corrected chi connectivity index (χ3v) is 6.67. The molecule has 1 heterocycles. The monoisotopic (exact) mass is 367 g/mol. The van der Waals surface area contributed by atoms with Crippen LogP contribution in [-0.2, 0) is 10.0 Å². The zero-order valence-electron chi connectivity index (χ0n) is 15.4.